The summed E-state index contributed by atoms with van der Waals surface area (Å²) in [6, 6.07) is 0. The molecule has 2 rings (SSSR count). The van der Waals surface area contributed by atoms with Gasteiger partial charge in [-0.25, -0.2) is 0 Å². The van der Waals surface area contributed by atoms with Crippen molar-refractivity contribution in [2.45, 2.75) is 66.5 Å². The highest BCUT2D eigenvalue weighted by molar-refractivity contribution is 4.90. The number of nitrogens with zero attached hydrogens (tertiary/aromatic N) is 3. The lowest BCUT2D eigenvalue weighted by molar-refractivity contribution is 0.0402. The van der Waals surface area contributed by atoms with E-state index in [0.717, 1.165) is 19.6 Å². The van der Waals surface area contributed by atoms with Crippen molar-refractivity contribution in [1.82, 2.24) is 15.0 Å². The van der Waals surface area contributed by atoms with Crippen molar-refractivity contribution in [2.24, 2.45) is 11.3 Å². The average molecular weight is 309 g/mol. The summed E-state index contributed by atoms with van der Waals surface area (Å²) in [4.78, 5) is 6.93. The predicted molar refractivity (Wildman–Crippen MR) is 86.4 cm³/mol. The lowest BCUT2D eigenvalue weighted by Gasteiger charge is -2.22. The SMILES string of the molecule is CC(C)CO[C@@H](C)c1noc(CN2CCCC(C)(C)CC2)n1. The first kappa shape index (κ1) is 17.4. The lowest BCUT2D eigenvalue weighted by atomic mass is 9.85. The van der Waals surface area contributed by atoms with E-state index in [-0.39, 0.29) is 6.10 Å². The van der Waals surface area contributed by atoms with Crippen molar-refractivity contribution in [1.29, 1.82) is 0 Å². The maximum absolute atomic E-state index is 5.74. The standard InChI is InChI=1S/C17H31N3O2/c1-13(2)12-21-14(3)16-18-15(22-19-16)11-20-9-6-7-17(4,5)8-10-20/h13-14H,6-12H2,1-5H3/t14-/m0/s1. The van der Waals surface area contributed by atoms with Gasteiger partial charge in [0.15, 0.2) is 5.82 Å². The van der Waals surface area contributed by atoms with Gasteiger partial charge in [0.2, 0.25) is 5.89 Å². The molecule has 0 bridgehead atoms. The van der Waals surface area contributed by atoms with Crippen LogP contribution in [0.4, 0.5) is 0 Å². The zero-order chi connectivity index (χ0) is 16.2. The molecule has 0 N–H and O–H groups in total. The zero-order valence-corrected chi connectivity index (χ0v) is 14.8. The quantitative estimate of drug-likeness (QED) is 0.799. The molecule has 0 unspecified atom stereocenters. The van der Waals surface area contributed by atoms with Crippen LogP contribution in [0.2, 0.25) is 0 Å². The van der Waals surface area contributed by atoms with Gasteiger partial charge in [0.05, 0.1) is 6.54 Å². The van der Waals surface area contributed by atoms with Crippen LogP contribution in [0, 0.1) is 11.3 Å². The third-order valence-electron chi connectivity index (χ3n) is 4.32. The summed E-state index contributed by atoms with van der Waals surface area (Å²) in [5.41, 5.74) is 0.452. The van der Waals surface area contributed by atoms with Crippen LogP contribution in [0.3, 0.4) is 0 Å². The molecule has 0 spiro atoms. The predicted octanol–water partition coefficient (Wildman–Crippen LogP) is 3.82. The van der Waals surface area contributed by atoms with Gasteiger partial charge in [0, 0.05) is 6.61 Å². The Morgan fingerprint density at radius 1 is 1.23 bits per heavy atom. The Morgan fingerprint density at radius 3 is 2.73 bits per heavy atom. The van der Waals surface area contributed by atoms with E-state index in [1.165, 1.54) is 19.3 Å². The first-order chi connectivity index (χ1) is 10.4. The first-order valence-electron chi connectivity index (χ1n) is 8.52. The molecule has 1 aliphatic heterocycles. The van der Waals surface area contributed by atoms with Crippen LogP contribution in [0.5, 0.6) is 0 Å². The van der Waals surface area contributed by atoms with E-state index in [0.29, 0.717) is 29.7 Å². The van der Waals surface area contributed by atoms with Crippen molar-refractivity contribution >= 4 is 0 Å². The minimum atomic E-state index is -0.108. The molecule has 2 heterocycles. The Balaban J connectivity index is 1.86. The Labute approximate surface area is 134 Å². The fourth-order valence-electron chi connectivity index (χ4n) is 2.74. The smallest absolute Gasteiger partial charge is 0.240 e. The first-order valence-corrected chi connectivity index (χ1v) is 8.52. The zero-order valence-electron chi connectivity index (χ0n) is 14.8. The molecular weight excluding hydrogens is 278 g/mol. The van der Waals surface area contributed by atoms with E-state index >= 15 is 0 Å². The fourth-order valence-corrected chi connectivity index (χ4v) is 2.74. The second-order valence-electron chi connectivity index (χ2n) is 7.71. The normalized spacial score (nSPS) is 21.0. The van der Waals surface area contributed by atoms with Gasteiger partial charge in [-0.2, -0.15) is 4.98 Å². The molecule has 1 aromatic rings. The van der Waals surface area contributed by atoms with E-state index in [9.17, 15) is 0 Å². The molecule has 0 aliphatic carbocycles. The molecule has 1 aliphatic rings. The summed E-state index contributed by atoms with van der Waals surface area (Å²) >= 11 is 0. The number of hydrogen-bond donors (Lipinski definition) is 0. The fraction of sp³-hybridized carbons (Fsp3) is 0.882. The maximum Gasteiger partial charge on any atom is 0.240 e. The molecule has 1 saturated heterocycles. The molecule has 1 fully saturated rings. The average Bonchev–Trinajstić information content (AvgIpc) is 2.83. The second kappa shape index (κ2) is 7.55. The minimum Gasteiger partial charge on any atom is -0.370 e. The molecule has 0 saturated carbocycles. The number of aromatic nitrogens is 2. The number of likely N-dealkylation sites (tertiary alicyclic amines) is 1. The Morgan fingerprint density at radius 2 is 2.00 bits per heavy atom. The number of ether oxygens (including phenoxy) is 1. The van der Waals surface area contributed by atoms with Gasteiger partial charge >= 0.3 is 0 Å². The number of hydrogen-bond acceptors (Lipinski definition) is 5. The summed E-state index contributed by atoms with van der Waals surface area (Å²) in [7, 11) is 0. The highest BCUT2D eigenvalue weighted by Gasteiger charge is 2.24. The van der Waals surface area contributed by atoms with Gasteiger partial charge in [-0.3, -0.25) is 4.90 Å². The van der Waals surface area contributed by atoms with Gasteiger partial charge < -0.3 is 9.26 Å². The van der Waals surface area contributed by atoms with Crippen LogP contribution in [-0.2, 0) is 11.3 Å². The Bertz CT molecular complexity index is 457. The van der Waals surface area contributed by atoms with Crippen LogP contribution < -0.4 is 0 Å². The van der Waals surface area contributed by atoms with Crippen molar-refractivity contribution < 1.29 is 9.26 Å². The summed E-state index contributed by atoms with van der Waals surface area (Å²) in [5, 5.41) is 4.07. The van der Waals surface area contributed by atoms with Gasteiger partial charge in [0.25, 0.3) is 0 Å². The Kier molecular flexibility index (Phi) is 5.98. The largest absolute Gasteiger partial charge is 0.370 e. The van der Waals surface area contributed by atoms with Crippen molar-refractivity contribution in [2.75, 3.05) is 19.7 Å². The topological polar surface area (TPSA) is 51.4 Å². The van der Waals surface area contributed by atoms with E-state index < -0.39 is 0 Å². The summed E-state index contributed by atoms with van der Waals surface area (Å²) in [6.45, 7) is 14.6. The van der Waals surface area contributed by atoms with Crippen LogP contribution in [0.1, 0.15) is 71.7 Å². The monoisotopic (exact) mass is 309 g/mol. The van der Waals surface area contributed by atoms with Crippen LogP contribution in [-0.4, -0.2) is 34.7 Å². The van der Waals surface area contributed by atoms with Crippen LogP contribution >= 0.6 is 0 Å². The van der Waals surface area contributed by atoms with E-state index in [2.05, 4.69) is 42.7 Å². The van der Waals surface area contributed by atoms with Crippen LogP contribution in [0.15, 0.2) is 4.52 Å². The highest BCUT2D eigenvalue weighted by atomic mass is 16.5. The van der Waals surface area contributed by atoms with Gasteiger partial charge in [-0.1, -0.05) is 32.9 Å². The summed E-state index contributed by atoms with van der Waals surface area (Å²) in [6.07, 6.45) is 3.64. The second-order valence-corrected chi connectivity index (χ2v) is 7.71. The van der Waals surface area contributed by atoms with Crippen molar-refractivity contribution in [3.05, 3.63) is 11.7 Å². The molecule has 0 aromatic carbocycles. The molecule has 5 heteroatoms. The molecular formula is C17H31N3O2. The molecule has 5 nitrogen and oxygen atoms in total. The lowest BCUT2D eigenvalue weighted by Crippen LogP contribution is -2.25. The Hall–Kier alpha value is -0.940. The molecule has 0 amide bonds. The summed E-state index contributed by atoms with van der Waals surface area (Å²) in [5.74, 6) is 1.87. The highest BCUT2D eigenvalue weighted by Crippen LogP contribution is 2.30. The van der Waals surface area contributed by atoms with E-state index in [1.807, 2.05) is 6.92 Å². The number of rotatable bonds is 6. The van der Waals surface area contributed by atoms with E-state index in [4.69, 9.17) is 9.26 Å². The van der Waals surface area contributed by atoms with Gasteiger partial charge in [-0.05, 0) is 50.6 Å². The molecule has 0 radical (unpaired) electrons. The van der Waals surface area contributed by atoms with Gasteiger partial charge in [-0.15, -0.1) is 0 Å². The maximum atomic E-state index is 5.74. The molecule has 126 valence electrons. The van der Waals surface area contributed by atoms with E-state index in [1.54, 1.807) is 0 Å². The van der Waals surface area contributed by atoms with Crippen LogP contribution in [0.25, 0.3) is 0 Å². The third-order valence-corrected chi connectivity index (χ3v) is 4.32. The molecule has 1 aromatic heterocycles. The third kappa shape index (κ3) is 5.36. The minimum absolute atomic E-state index is 0.108. The van der Waals surface area contributed by atoms with Gasteiger partial charge in [0.1, 0.15) is 6.10 Å². The van der Waals surface area contributed by atoms with Crippen molar-refractivity contribution in [3.63, 3.8) is 0 Å². The molecule has 1 atom stereocenters. The van der Waals surface area contributed by atoms with Crippen molar-refractivity contribution in [3.8, 4) is 0 Å². The molecule has 22 heavy (non-hydrogen) atoms. The summed E-state index contributed by atoms with van der Waals surface area (Å²) < 4.78 is 11.1.